The number of ether oxygens (including phenoxy) is 2. The number of Topliss-reactive ketones (excluding diaryl/α,β-unsaturated/α-hetero) is 1. The highest BCUT2D eigenvalue weighted by Crippen LogP contribution is 2.32. The maximum atomic E-state index is 11.9. The number of carbonyl (C=O) groups excluding carboxylic acids is 1. The van der Waals surface area contributed by atoms with Crippen molar-refractivity contribution in [2.24, 2.45) is 0 Å². The van der Waals surface area contributed by atoms with E-state index in [1.807, 2.05) is 0 Å². The van der Waals surface area contributed by atoms with Crippen LogP contribution in [0.3, 0.4) is 0 Å². The summed E-state index contributed by atoms with van der Waals surface area (Å²) < 4.78 is 11.1. The van der Waals surface area contributed by atoms with E-state index in [1.54, 1.807) is 55.5 Å². The smallest absolute Gasteiger partial charge is 0.349 e. The number of benzene rings is 2. The zero-order valence-corrected chi connectivity index (χ0v) is 15.3. The van der Waals surface area contributed by atoms with Gasteiger partial charge in [-0.1, -0.05) is 12.1 Å². The van der Waals surface area contributed by atoms with Gasteiger partial charge in [-0.05, 0) is 57.2 Å². The molecule has 2 aromatic rings. The van der Waals surface area contributed by atoms with Crippen LogP contribution >= 0.6 is 0 Å². The van der Waals surface area contributed by atoms with Gasteiger partial charge in [0.2, 0.25) is 5.60 Å². The minimum Gasteiger partial charge on any atom is -0.493 e. The molecule has 0 fully saturated rings. The molecule has 26 heavy (non-hydrogen) atoms. The Kier molecular flexibility index (Phi) is 5.87. The molecule has 2 unspecified atom stereocenters. The van der Waals surface area contributed by atoms with E-state index in [9.17, 15) is 14.7 Å². The molecule has 138 valence electrons. The topological polar surface area (TPSA) is 84.9 Å². The first-order valence-electron chi connectivity index (χ1n) is 8.21. The minimum atomic E-state index is -1.55. The van der Waals surface area contributed by atoms with E-state index < -0.39 is 17.6 Å². The Morgan fingerprint density at radius 3 is 2.15 bits per heavy atom. The van der Waals surface area contributed by atoms with Crippen LogP contribution in [-0.2, 0) is 4.79 Å². The predicted molar refractivity (Wildman–Crippen MR) is 99.2 cm³/mol. The van der Waals surface area contributed by atoms with Crippen molar-refractivity contribution in [3.05, 3.63) is 54.1 Å². The van der Waals surface area contributed by atoms with E-state index in [-0.39, 0.29) is 5.78 Å². The molecule has 6 heteroatoms. The number of methoxy groups -OCH3 is 1. The largest absolute Gasteiger partial charge is 0.493 e. The second-order valence-corrected chi connectivity index (χ2v) is 6.16. The molecule has 0 saturated carbocycles. The lowest BCUT2D eigenvalue weighted by atomic mass is 9.97. The van der Waals surface area contributed by atoms with Gasteiger partial charge in [0.15, 0.2) is 17.3 Å². The summed E-state index contributed by atoms with van der Waals surface area (Å²) in [5.41, 5.74) is -0.262. The molecular formula is C20H23NO5. The normalized spacial score (nSPS) is 14.0. The lowest BCUT2D eigenvalue weighted by molar-refractivity contribution is -0.154. The number of ketones is 1. The molecule has 2 atom stereocenters. The molecule has 2 rings (SSSR count). The number of carboxylic acid groups (broad SMARTS) is 1. The van der Waals surface area contributed by atoms with Crippen LogP contribution in [0, 0.1) is 0 Å². The van der Waals surface area contributed by atoms with Gasteiger partial charge in [0.25, 0.3) is 0 Å². The van der Waals surface area contributed by atoms with E-state index in [0.29, 0.717) is 22.7 Å². The SMILES string of the molecule is COc1ccccc1OC(C)(C(=O)O)C(C)Nc1ccc(C(C)=O)cc1. The molecule has 2 aromatic carbocycles. The average Bonchev–Trinajstić information content (AvgIpc) is 2.62. The van der Waals surface area contributed by atoms with Gasteiger partial charge in [0.05, 0.1) is 13.2 Å². The van der Waals surface area contributed by atoms with Crippen molar-refractivity contribution in [1.29, 1.82) is 0 Å². The Labute approximate surface area is 152 Å². The number of carbonyl (C=O) groups is 2. The van der Waals surface area contributed by atoms with Crippen molar-refractivity contribution < 1.29 is 24.2 Å². The molecule has 0 aliphatic carbocycles. The first kappa shape index (κ1) is 19.3. The highest BCUT2D eigenvalue weighted by molar-refractivity contribution is 5.94. The maximum Gasteiger partial charge on any atom is 0.349 e. The number of aliphatic carboxylic acids is 1. The van der Waals surface area contributed by atoms with Gasteiger partial charge in [-0.25, -0.2) is 4.79 Å². The molecule has 0 bridgehead atoms. The molecule has 6 nitrogen and oxygen atoms in total. The Bertz CT molecular complexity index is 787. The lowest BCUT2D eigenvalue weighted by Gasteiger charge is -2.33. The molecule has 0 aliphatic rings. The number of para-hydroxylation sites is 2. The molecule has 0 spiro atoms. The van der Waals surface area contributed by atoms with E-state index in [0.717, 1.165) is 0 Å². The number of anilines is 1. The molecular weight excluding hydrogens is 334 g/mol. The molecule has 0 radical (unpaired) electrons. The van der Waals surface area contributed by atoms with E-state index in [4.69, 9.17) is 9.47 Å². The van der Waals surface area contributed by atoms with Crippen LogP contribution in [0.2, 0.25) is 0 Å². The summed E-state index contributed by atoms with van der Waals surface area (Å²) in [5.74, 6) is -0.332. The van der Waals surface area contributed by atoms with Crippen molar-refractivity contribution >= 4 is 17.4 Å². The van der Waals surface area contributed by atoms with E-state index in [2.05, 4.69) is 5.32 Å². The second-order valence-electron chi connectivity index (χ2n) is 6.16. The first-order valence-corrected chi connectivity index (χ1v) is 8.21. The quantitative estimate of drug-likeness (QED) is 0.702. The number of nitrogens with one attached hydrogen (secondary N) is 1. The number of rotatable bonds is 8. The van der Waals surface area contributed by atoms with Crippen molar-refractivity contribution in [3.8, 4) is 11.5 Å². The zero-order valence-electron chi connectivity index (χ0n) is 15.3. The standard InChI is InChI=1S/C20H23NO5/c1-13(22)15-9-11-16(12-10-15)21-14(2)20(3,19(23)24)26-18-8-6-5-7-17(18)25-4/h5-12,14,21H,1-4H3,(H,23,24). The molecule has 0 amide bonds. The Morgan fingerprint density at radius 1 is 1.08 bits per heavy atom. The monoisotopic (exact) mass is 357 g/mol. The first-order chi connectivity index (χ1) is 12.3. The number of carboxylic acids is 1. The van der Waals surface area contributed by atoms with Crippen molar-refractivity contribution in [3.63, 3.8) is 0 Å². The molecule has 0 saturated heterocycles. The summed E-state index contributed by atoms with van der Waals surface area (Å²) in [6.45, 7) is 4.72. The third-order valence-electron chi connectivity index (χ3n) is 4.32. The summed E-state index contributed by atoms with van der Waals surface area (Å²) in [7, 11) is 1.50. The minimum absolute atomic E-state index is 0.0283. The fourth-order valence-corrected chi connectivity index (χ4v) is 2.44. The lowest BCUT2D eigenvalue weighted by Crippen LogP contribution is -2.53. The Balaban J connectivity index is 2.24. The van der Waals surface area contributed by atoms with E-state index >= 15 is 0 Å². The fraction of sp³-hybridized carbons (Fsp3) is 0.300. The number of hydrogen-bond acceptors (Lipinski definition) is 5. The number of hydrogen-bond donors (Lipinski definition) is 2. The van der Waals surface area contributed by atoms with Crippen molar-refractivity contribution in [2.75, 3.05) is 12.4 Å². The predicted octanol–water partition coefficient (Wildman–Crippen LogP) is 3.62. The molecule has 0 aliphatic heterocycles. The highest BCUT2D eigenvalue weighted by Gasteiger charge is 2.42. The van der Waals surface area contributed by atoms with Crippen LogP contribution < -0.4 is 14.8 Å². The van der Waals surface area contributed by atoms with Gasteiger partial charge >= 0.3 is 5.97 Å². The average molecular weight is 357 g/mol. The van der Waals surface area contributed by atoms with Crippen LogP contribution in [0.4, 0.5) is 5.69 Å². The fourth-order valence-electron chi connectivity index (χ4n) is 2.44. The zero-order chi connectivity index (χ0) is 19.3. The second kappa shape index (κ2) is 7.91. The van der Waals surface area contributed by atoms with Crippen LogP contribution in [0.15, 0.2) is 48.5 Å². The maximum absolute atomic E-state index is 11.9. The molecule has 0 heterocycles. The van der Waals surface area contributed by atoms with Gasteiger partial charge in [-0.2, -0.15) is 0 Å². The third kappa shape index (κ3) is 4.14. The summed E-state index contributed by atoms with van der Waals surface area (Å²) >= 11 is 0. The van der Waals surface area contributed by atoms with Crippen LogP contribution in [0.1, 0.15) is 31.1 Å². The Hall–Kier alpha value is -3.02. The van der Waals surface area contributed by atoms with E-state index in [1.165, 1.54) is 21.0 Å². The van der Waals surface area contributed by atoms with Gasteiger partial charge in [-0.3, -0.25) is 4.79 Å². The van der Waals surface area contributed by atoms with Crippen LogP contribution in [-0.4, -0.2) is 35.6 Å². The van der Waals surface area contributed by atoms with Gasteiger partial charge in [-0.15, -0.1) is 0 Å². The summed E-state index contributed by atoms with van der Waals surface area (Å²) in [6, 6.07) is 13.2. The summed E-state index contributed by atoms with van der Waals surface area (Å²) in [6.07, 6.45) is 0. The van der Waals surface area contributed by atoms with Crippen LogP contribution in [0.25, 0.3) is 0 Å². The summed E-state index contributed by atoms with van der Waals surface area (Å²) in [4.78, 5) is 23.3. The van der Waals surface area contributed by atoms with Gasteiger partial charge < -0.3 is 19.9 Å². The van der Waals surface area contributed by atoms with Crippen molar-refractivity contribution in [1.82, 2.24) is 0 Å². The van der Waals surface area contributed by atoms with Gasteiger partial charge in [0, 0.05) is 11.3 Å². The third-order valence-corrected chi connectivity index (χ3v) is 4.32. The molecule has 0 aromatic heterocycles. The Morgan fingerprint density at radius 2 is 1.65 bits per heavy atom. The van der Waals surface area contributed by atoms with Gasteiger partial charge in [0.1, 0.15) is 0 Å². The van der Waals surface area contributed by atoms with Crippen molar-refractivity contribution in [2.45, 2.75) is 32.4 Å². The highest BCUT2D eigenvalue weighted by atomic mass is 16.5. The van der Waals surface area contributed by atoms with Crippen LogP contribution in [0.5, 0.6) is 11.5 Å². The summed E-state index contributed by atoms with van der Waals surface area (Å²) in [5, 5.41) is 12.9. The molecule has 2 N–H and O–H groups in total.